The molecule has 1 aliphatic rings. The second-order valence-corrected chi connectivity index (χ2v) is 6.61. The molecule has 0 bridgehead atoms. The fraction of sp³-hybridized carbons (Fsp3) is 0.368. The molecule has 1 aliphatic heterocycles. The summed E-state index contributed by atoms with van der Waals surface area (Å²) in [6.07, 6.45) is 5.72. The third-order valence-corrected chi connectivity index (χ3v) is 4.67. The maximum Gasteiger partial charge on any atom is 0.234 e. The number of aromatic nitrogens is 2. The van der Waals surface area contributed by atoms with E-state index in [-0.39, 0.29) is 5.91 Å². The highest BCUT2D eigenvalue weighted by atomic mass is 16.3. The van der Waals surface area contributed by atoms with E-state index in [4.69, 9.17) is 4.42 Å². The number of furan rings is 1. The van der Waals surface area contributed by atoms with Crippen LogP contribution in [0.2, 0.25) is 0 Å². The van der Waals surface area contributed by atoms with Gasteiger partial charge in [-0.25, -0.2) is 4.98 Å². The SMILES string of the molecule is O=C(CN1CCN(Cc2cn3ccccc3n2)CC1)NCc1ccco1. The Kier molecular flexibility index (Phi) is 4.99. The predicted octanol–water partition coefficient (Wildman–Crippen LogP) is 1.36. The van der Waals surface area contributed by atoms with Crippen molar-refractivity contribution in [3.05, 3.63) is 60.4 Å². The second-order valence-electron chi connectivity index (χ2n) is 6.61. The van der Waals surface area contributed by atoms with Gasteiger partial charge in [0.2, 0.25) is 5.91 Å². The van der Waals surface area contributed by atoms with Crippen LogP contribution in [0.5, 0.6) is 0 Å². The summed E-state index contributed by atoms with van der Waals surface area (Å²) in [6.45, 7) is 5.39. The lowest BCUT2D eigenvalue weighted by Gasteiger charge is -2.33. The van der Waals surface area contributed by atoms with Gasteiger partial charge >= 0.3 is 0 Å². The van der Waals surface area contributed by atoms with Crippen LogP contribution in [0.25, 0.3) is 5.65 Å². The van der Waals surface area contributed by atoms with E-state index in [0.717, 1.165) is 49.8 Å². The lowest BCUT2D eigenvalue weighted by Crippen LogP contribution is -2.49. The molecule has 7 heteroatoms. The van der Waals surface area contributed by atoms with E-state index in [9.17, 15) is 4.79 Å². The molecule has 3 aromatic rings. The molecule has 0 aliphatic carbocycles. The summed E-state index contributed by atoms with van der Waals surface area (Å²) in [6, 6.07) is 9.71. The lowest BCUT2D eigenvalue weighted by atomic mass is 10.3. The van der Waals surface area contributed by atoms with Crippen LogP contribution in [-0.2, 0) is 17.9 Å². The van der Waals surface area contributed by atoms with Gasteiger partial charge in [0.1, 0.15) is 11.4 Å². The first kappa shape index (κ1) is 16.8. The number of carbonyl (C=O) groups excluding carboxylic acids is 1. The van der Waals surface area contributed by atoms with Crippen molar-refractivity contribution in [2.75, 3.05) is 32.7 Å². The maximum atomic E-state index is 12.1. The largest absolute Gasteiger partial charge is 0.467 e. The Morgan fingerprint density at radius 2 is 1.96 bits per heavy atom. The van der Waals surface area contributed by atoms with Gasteiger partial charge in [0, 0.05) is 45.1 Å². The van der Waals surface area contributed by atoms with Crippen molar-refractivity contribution in [3.63, 3.8) is 0 Å². The number of rotatable bonds is 6. The van der Waals surface area contributed by atoms with Crippen LogP contribution < -0.4 is 5.32 Å². The van der Waals surface area contributed by atoms with Crippen molar-refractivity contribution in [2.45, 2.75) is 13.1 Å². The molecule has 4 heterocycles. The summed E-state index contributed by atoms with van der Waals surface area (Å²) in [7, 11) is 0. The molecule has 0 aromatic carbocycles. The van der Waals surface area contributed by atoms with Gasteiger partial charge in [-0.2, -0.15) is 0 Å². The van der Waals surface area contributed by atoms with Crippen LogP contribution in [0.1, 0.15) is 11.5 Å². The van der Waals surface area contributed by atoms with Gasteiger partial charge in [0.25, 0.3) is 0 Å². The first-order valence-electron chi connectivity index (χ1n) is 8.93. The standard InChI is InChI=1S/C19H23N5O2/c25-19(20-12-17-4-3-11-26-17)15-23-9-7-22(8-10-23)13-16-14-24-6-2-1-5-18(24)21-16/h1-6,11,14H,7-10,12-13,15H2,(H,20,25). The Balaban J connectivity index is 1.21. The Morgan fingerprint density at radius 3 is 2.73 bits per heavy atom. The first-order valence-corrected chi connectivity index (χ1v) is 8.93. The third kappa shape index (κ3) is 4.12. The van der Waals surface area contributed by atoms with E-state index < -0.39 is 0 Å². The first-order chi connectivity index (χ1) is 12.8. The maximum absolute atomic E-state index is 12.1. The number of piperazine rings is 1. The molecule has 1 amide bonds. The molecule has 4 rings (SSSR count). The minimum atomic E-state index is 0.0372. The Hall–Kier alpha value is -2.64. The molecule has 0 atom stereocenters. The lowest BCUT2D eigenvalue weighted by molar-refractivity contribution is -0.122. The summed E-state index contributed by atoms with van der Waals surface area (Å²) in [4.78, 5) is 21.3. The number of pyridine rings is 1. The molecule has 0 radical (unpaired) electrons. The van der Waals surface area contributed by atoms with Gasteiger partial charge < -0.3 is 14.1 Å². The average molecular weight is 353 g/mol. The smallest absolute Gasteiger partial charge is 0.234 e. The van der Waals surface area contributed by atoms with E-state index in [1.807, 2.05) is 36.5 Å². The number of hydrogen-bond acceptors (Lipinski definition) is 5. The topological polar surface area (TPSA) is 66.0 Å². The zero-order chi connectivity index (χ0) is 17.8. The number of carbonyl (C=O) groups is 1. The van der Waals surface area contributed by atoms with Crippen LogP contribution in [0.15, 0.2) is 53.4 Å². The summed E-state index contributed by atoms with van der Waals surface area (Å²) in [5, 5.41) is 2.90. The van der Waals surface area contributed by atoms with E-state index in [0.29, 0.717) is 13.1 Å². The summed E-state index contributed by atoms with van der Waals surface area (Å²) >= 11 is 0. The van der Waals surface area contributed by atoms with Gasteiger partial charge in [0.15, 0.2) is 0 Å². The molecule has 1 fully saturated rings. The average Bonchev–Trinajstić information content (AvgIpc) is 3.30. The van der Waals surface area contributed by atoms with E-state index in [2.05, 4.69) is 30.7 Å². The summed E-state index contributed by atoms with van der Waals surface area (Å²) in [5.41, 5.74) is 2.07. The summed E-state index contributed by atoms with van der Waals surface area (Å²) in [5.74, 6) is 0.811. The highest BCUT2D eigenvalue weighted by molar-refractivity contribution is 5.77. The predicted molar refractivity (Wildman–Crippen MR) is 97.5 cm³/mol. The normalized spacial score (nSPS) is 16.2. The molecule has 0 spiro atoms. The van der Waals surface area contributed by atoms with Gasteiger partial charge in [-0.3, -0.25) is 14.6 Å². The van der Waals surface area contributed by atoms with Crippen LogP contribution in [0.3, 0.4) is 0 Å². The third-order valence-electron chi connectivity index (χ3n) is 4.67. The van der Waals surface area contributed by atoms with Gasteiger partial charge in [-0.15, -0.1) is 0 Å². The molecular formula is C19H23N5O2. The number of hydrogen-bond donors (Lipinski definition) is 1. The molecule has 1 N–H and O–H groups in total. The van der Waals surface area contributed by atoms with Crippen LogP contribution in [-0.4, -0.2) is 57.8 Å². The van der Waals surface area contributed by atoms with Crippen molar-refractivity contribution in [1.82, 2.24) is 24.5 Å². The van der Waals surface area contributed by atoms with E-state index in [1.54, 1.807) is 6.26 Å². The molecule has 1 saturated heterocycles. The summed E-state index contributed by atoms with van der Waals surface area (Å²) < 4.78 is 7.27. The minimum Gasteiger partial charge on any atom is -0.467 e. The van der Waals surface area contributed by atoms with E-state index in [1.165, 1.54) is 0 Å². The zero-order valence-electron chi connectivity index (χ0n) is 14.7. The Bertz CT molecular complexity index is 817. The Labute approximate surface area is 152 Å². The Morgan fingerprint density at radius 1 is 1.12 bits per heavy atom. The second kappa shape index (κ2) is 7.72. The quantitative estimate of drug-likeness (QED) is 0.725. The van der Waals surface area contributed by atoms with Crippen molar-refractivity contribution in [1.29, 1.82) is 0 Å². The highest BCUT2D eigenvalue weighted by Crippen LogP contribution is 2.10. The monoisotopic (exact) mass is 353 g/mol. The van der Waals surface area contributed by atoms with E-state index >= 15 is 0 Å². The van der Waals surface area contributed by atoms with Crippen molar-refractivity contribution in [2.24, 2.45) is 0 Å². The van der Waals surface area contributed by atoms with Gasteiger partial charge in [-0.1, -0.05) is 6.07 Å². The minimum absolute atomic E-state index is 0.0372. The van der Waals surface area contributed by atoms with Crippen LogP contribution in [0.4, 0.5) is 0 Å². The van der Waals surface area contributed by atoms with Crippen LogP contribution in [0, 0.1) is 0 Å². The molecule has 136 valence electrons. The van der Waals surface area contributed by atoms with Gasteiger partial charge in [-0.05, 0) is 24.3 Å². The fourth-order valence-electron chi connectivity index (χ4n) is 3.26. The van der Waals surface area contributed by atoms with Gasteiger partial charge in [0.05, 0.1) is 25.0 Å². The number of nitrogens with one attached hydrogen (secondary N) is 1. The molecular weight excluding hydrogens is 330 g/mol. The number of amides is 1. The molecule has 0 unspecified atom stereocenters. The van der Waals surface area contributed by atoms with Crippen molar-refractivity contribution >= 4 is 11.6 Å². The number of nitrogens with zero attached hydrogens (tertiary/aromatic N) is 4. The fourth-order valence-corrected chi connectivity index (χ4v) is 3.26. The molecule has 7 nitrogen and oxygen atoms in total. The van der Waals surface area contributed by atoms with Crippen molar-refractivity contribution < 1.29 is 9.21 Å². The highest BCUT2D eigenvalue weighted by Gasteiger charge is 2.19. The zero-order valence-corrected chi connectivity index (χ0v) is 14.7. The molecule has 26 heavy (non-hydrogen) atoms. The molecule has 3 aromatic heterocycles. The number of imidazole rings is 1. The van der Waals surface area contributed by atoms with Crippen LogP contribution >= 0.6 is 0 Å². The molecule has 0 saturated carbocycles. The number of fused-ring (bicyclic) bond motifs is 1. The van der Waals surface area contributed by atoms with Crippen molar-refractivity contribution in [3.8, 4) is 0 Å².